The Morgan fingerprint density at radius 3 is 2.24 bits per heavy atom. The molecule has 0 spiro atoms. The van der Waals surface area contributed by atoms with E-state index < -0.39 is 50.9 Å². The van der Waals surface area contributed by atoms with Gasteiger partial charge in [-0.15, -0.1) is 0 Å². The van der Waals surface area contributed by atoms with Gasteiger partial charge in [-0.05, 0) is 41.3 Å². The molecule has 0 bridgehead atoms. The first kappa shape index (κ1) is 28.1. The van der Waals surface area contributed by atoms with E-state index in [4.69, 9.17) is 5.26 Å². The molecule has 12 heteroatoms. The highest BCUT2D eigenvalue weighted by molar-refractivity contribution is 7.89. The highest BCUT2D eigenvalue weighted by Gasteiger charge is 2.41. The highest BCUT2D eigenvalue weighted by atomic mass is 32.2. The molecule has 1 aliphatic rings. The number of alkyl halides is 3. The average Bonchev–Trinajstić information content (AvgIpc) is 2.86. The number of rotatable bonds is 7. The molecule has 198 valence electrons. The van der Waals surface area contributed by atoms with Gasteiger partial charge in [-0.25, -0.2) is 8.42 Å². The van der Waals surface area contributed by atoms with Crippen LogP contribution >= 0.6 is 0 Å². The third-order valence-corrected chi connectivity index (χ3v) is 8.04. The van der Waals surface area contributed by atoms with Crippen molar-refractivity contribution in [2.45, 2.75) is 49.8 Å². The maximum atomic E-state index is 13.3. The molecular weight excluding hydrogens is 509 g/mol. The number of sulfonamides is 1. The van der Waals surface area contributed by atoms with Crippen molar-refractivity contribution in [3.63, 3.8) is 0 Å². The number of benzene rings is 2. The zero-order valence-corrected chi connectivity index (χ0v) is 21.1. The topological polar surface area (TPSA) is 111 Å². The number of nitriles is 1. The smallest absolute Gasteiger partial charge is 0.351 e. The van der Waals surface area contributed by atoms with E-state index in [0.29, 0.717) is 18.1 Å². The molecule has 1 N–H and O–H groups in total. The van der Waals surface area contributed by atoms with Crippen LogP contribution in [0.5, 0.6) is 0 Å². The summed E-state index contributed by atoms with van der Waals surface area (Å²) in [6, 6.07) is 11.0. The first-order valence-corrected chi connectivity index (χ1v) is 13.0. The largest absolute Gasteiger partial charge is 0.416 e. The van der Waals surface area contributed by atoms with Crippen molar-refractivity contribution in [3.8, 4) is 6.07 Å². The number of amides is 2. The second-order valence-electron chi connectivity index (χ2n) is 8.94. The molecule has 0 saturated carbocycles. The summed E-state index contributed by atoms with van der Waals surface area (Å²) < 4.78 is 66.4. The van der Waals surface area contributed by atoms with Crippen molar-refractivity contribution < 1.29 is 31.2 Å². The number of piperazine rings is 1. The van der Waals surface area contributed by atoms with Crippen LogP contribution in [0.25, 0.3) is 0 Å². The van der Waals surface area contributed by atoms with E-state index in [0.717, 1.165) is 27.6 Å². The Hall–Kier alpha value is -3.43. The molecule has 0 aromatic heterocycles. The Morgan fingerprint density at radius 1 is 1.08 bits per heavy atom. The van der Waals surface area contributed by atoms with Gasteiger partial charge in [0.1, 0.15) is 12.5 Å². The van der Waals surface area contributed by atoms with Gasteiger partial charge in [0.25, 0.3) is 0 Å². The van der Waals surface area contributed by atoms with Gasteiger partial charge >= 0.3 is 6.18 Å². The van der Waals surface area contributed by atoms with Gasteiger partial charge in [0.15, 0.2) is 0 Å². The van der Waals surface area contributed by atoms with Gasteiger partial charge in [-0.1, -0.05) is 38.1 Å². The van der Waals surface area contributed by atoms with Crippen LogP contribution in [0.3, 0.4) is 0 Å². The van der Waals surface area contributed by atoms with Crippen molar-refractivity contribution >= 4 is 21.8 Å². The molecule has 1 saturated heterocycles. The molecule has 0 unspecified atom stereocenters. The van der Waals surface area contributed by atoms with E-state index in [9.17, 15) is 31.2 Å². The first-order valence-electron chi connectivity index (χ1n) is 11.5. The van der Waals surface area contributed by atoms with E-state index in [1.165, 1.54) is 4.90 Å². The SMILES string of the molecule is CC(C)c1ccc(CNC(=O)[C@H]2CN(C(=O)CC#N)CCN2S(=O)(=O)c2ccc(C(F)(F)F)cc2)cc1. The lowest BCUT2D eigenvalue weighted by molar-refractivity contribution is -0.138. The van der Waals surface area contributed by atoms with Crippen molar-refractivity contribution in [1.29, 1.82) is 5.26 Å². The quantitative estimate of drug-likeness (QED) is 0.584. The van der Waals surface area contributed by atoms with Crippen LogP contribution in [-0.2, 0) is 32.3 Å². The minimum absolute atomic E-state index is 0.0686. The number of nitrogens with one attached hydrogen (secondary N) is 1. The van der Waals surface area contributed by atoms with Gasteiger partial charge in [-0.3, -0.25) is 9.59 Å². The first-order chi connectivity index (χ1) is 17.3. The van der Waals surface area contributed by atoms with Gasteiger partial charge in [0, 0.05) is 26.2 Å². The summed E-state index contributed by atoms with van der Waals surface area (Å²) in [5.41, 5.74) is 0.891. The number of halogens is 3. The highest BCUT2D eigenvalue weighted by Crippen LogP contribution is 2.31. The van der Waals surface area contributed by atoms with Crippen LogP contribution in [0.15, 0.2) is 53.4 Å². The monoisotopic (exact) mass is 536 g/mol. The zero-order valence-electron chi connectivity index (χ0n) is 20.3. The Balaban J connectivity index is 1.84. The number of hydrogen-bond donors (Lipinski definition) is 1. The minimum atomic E-state index is -4.63. The fourth-order valence-electron chi connectivity index (χ4n) is 3.95. The van der Waals surface area contributed by atoms with Crippen molar-refractivity contribution in [1.82, 2.24) is 14.5 Å². The third kappa shape index (κ3) is 6.67. The molecule has 1 heterocycles. The Morgan fingerprint density at radius 2 is 1.70 bits per heavy atom. The fraction of sp³-hybridized carbons (Fsp3) is 0.400. The molecule has 2 aromatic rings. The summed E-state index contributed by atoms with van der Waals surface area (Å²) in [5.74, 6) is -0.888. The molecule has 3 rings (SSSR count). The summed E-state index contributed by atoms with van der Waals surface area (Å²) in [4.78, 5) is 26.3. The number of carbonyl (C=O) groups is 2. The van der Waals surface area contributed by atoms with Crippen LogP contribution in [0.1, 0.15) is 42.9 Å². The second-order valence-corrected chi connectivity index (χ2v) is 10.8. The Labute approximate surface area is 213 Å². The molecule has 1 fully saturated rings. The normalized spacial score (nSPS) is 16.9. The summed E-state index contributed by atoms with van der Waals surface area (Å²) in [6.07, 6.45) is -5.06. The third-order valence-electron chi connectivity index (χ3n) is 6.12. The van der Waals surface area contributed by atoms with Crippen LogP contribution in [0.4, 0.5) is 13.2 Å². The van der Waals surface area contributed by atoms with Crippen LogP contribution in [0.2, 0.25) is 0 Å². The van der Waals surface area contributed by atoms with E-state index in [2.05, 4.69) is 5.32 Å². The molecule has 2 amide bonds. The van der Waals surface area contributed by atoms with Crippen LogP contribution < -0.4 is 5.32 Å². The predicted octanol–water partition coefficient (Wildman–Crippen LogP) is 3.26. The molecule has 0 radical (unpaired) electrons. The molecule has 37 heavy (non-hydrogen) atoms. The average molecular weight is 537 g/mol. The van der Waals surface area contributed by atoms with Crippen molar-refractivity contribution in [3.05, 3.63) is 65.2 Å². The summed E-state index contributed by atoms with van der Waals surface area (Å²) in [5, 5.41) is 11.5. The maximum absolute atomic E-state index is 13.3. The second kappa shape index (κ2) is 11.3. The number of nitrogens with zero attached hydrogens (tertiary/aromatic N) is 3. The van der Waals surface area contributed by atoms with Gasteiger partial charge in [0.05, 0.1) is 16.5 Å². The van der Waals surface area contributed by atoms with E-state index in [1.807, 2.05) is 38.1 Å². The fourth-order valence-corrected chi connectivity index (χ4v) is 5.52. The lowest BCUT2D eigenvalue weighted by Gasteiger charge is -2.39. The summed E-state index contributed by atoms with van der Waals surface area (Å²) in [6.45, 7) is 3.57. The van der Waals surface area contributed by atoms with Crippen LogP contribution in [-0.4, -0.2) is 55.1 Å². The summed E-state index contributed by atoms with van der Waals surface area (Å²) >= 11 is 0. The maximum Gasteiger partial charge on any atom is 0.416 e. The Bertz CT molecular complexity index is 1270. The number of hydrogen-bond acceptors (Lipinski definition) is 5. The standard InChI is InChI=1S/C25H27F3N4O4S/c1-17(2)19-5-3-18(4-6-19)15-30-24(34)22-16-31(23(33)11-12-29)13-14-32(22)37(35,36)21-9-7-20(8-10-21)25(26,27)28/h3-10,17,22H,11,13-16H2,1-2H3,(H,30,34)/t22-/m1/s1. The van der Waals surface area contributed by atoms with Gasteiger partial charge < -0.3 is 10.2 Å². The molecule has 8 nitrogen and oxygen atoms in total. The molecule has 2 aromatic carbocycles. The van der Waals surface area contributed by atoms with Gasteiger partial charge in [-0.2, -0.15) is 22.7 Å². The molecule has 1 aliphatic heterocycles. The summed E-state index contributed by atoms with van der Waals surface area (Å²) in [7, 11) is -4.38. The molecule has 0 aliphatic carbocycles. The van der Waals surface area contributed by atoms with Crippen LogP contribution in [0, 0.1) is 11.3 Å². The van der Waals surface area contributed by atoms with E-state index in [-0.39, 0.29) is 26.2 Å². The number of carbonyl (C=O) groups excluding carboxylic acids is 2. The molecular formula is C25H27F3N4O4S. The molecule has 1 atom stereocenters. The lowest BCUT2D eigenvalue weighted by Crippen LogP contribution is -2.61. The van der Waals surface area contributed by atoms with Gasteiger partial charge in [0.2, 0.25) is 21.8 Å². The van der Waals surface area contributed by atoms with E-state index in [1.54, 1.807) is 6.07 Å². The Kier molecular flexibility index (Phi) is 8.60. The van der Waals surface area contributed by atoms with Crippen molar-refractivity contribution in [2.24, 2.45) is 0 Å². The zero-order chi connectivity index (χ0) is 27.4. The predicted molar refractivity (Wildman–Crippen MR) is 128 cm³/mol. The minimum Gasteiger partial charge on any atom is -0.351 e. The van der Waals surface area contributed by atoms with E-state index >= 15 is 0 Å². The lowest BCUT2D eigenvalue weighted by atomic mass is 10.0. The van der Waals surface area contributed by atoms with Crippen molar-refractivity contribution in [2.75, 3.05) is 19.6 Å².